The van der Waals surface area contributed by atoms with Gasteiger partial charge >= 0.3 is 5.97 Å². The molecule has 1 aromatic heterocycles. The standard InChI is InChI=1S/C11H16N2O4S/c1-3-17-11(16)9-12-8(7-18-9)10(15)13(2)5-4-6-14/h7,14H,3-6H2,1-2H3. The Balaban J connectivity index is 2.67. The van der Waals surface area contributed by atoms with Crippen LogP contribution < -0.4 is 0 Å². The highest BCUT2D eigenvalue weighted by atomic mass is 32.1. The van der Waals surface area contributed by atoms with Gasteiger partial charge in [0, 0.05) is 25.6 Å². The molecule has 1 heterocycles. The van der Waals surface area contributed by atoms with Gasteiger partial charge in [0.15, 0.2) is 0 Å². The summed E-state index contributed by atoms with van der Waals surface area (Å²) >= 11 is 1.08. The van der Waals surface area contributed by atoms with Gasteiger partial charge in [-0.15, -0.1) is 11.3 Å². The molecule has 1 aromatic rings. The minimum Gasteiger partial charge on any atom is -0.461 e. The first kappa shape index (κ1) is 14.6. The summed E-state index contributed by atoms with van der Waals surface area (Å²) in [5.41, 5.74) is 0.225. The summed E-state index contributed by atoms with van der Waals surface area (Å²) in [6.07, 6.45) is 0.511. The Bertz CT molecular complexity index is 419. The van der Waals surface area contributed by atoms with Gasteiger partial charge in [0.2, 0.25) is 5.01 Å². The van der Waals surface area contributed by atoms with Gasteiger partial charge in [-0.3, -0.25) is 4.79 Å². The molecular formula is C11H16N2O4S. The van der Waals surface area contributed by atoms with Gasteiger partial charge in [-0.25, -0.2) is 9.78 Å². The summed E-state index contributed by atoms with van der Waals surface area (Å²) in [6.45, 7) is 2.46. The first-order valence-electron chi connectivity index (χ1n) is 5.59. The fourth-order valence-corrected chi connectivity index (χ4v) is 1.95. The van der Waals surface area contributed by atoms with Crippen molar-refractivity contribution in [2.75, 3.05) is 26.8 Å². The second-order valence-electron chi connectivity index (χ2n) is 3.56. The smallest absolute Gasteiger partial charge is 0.367 e. The third-order valence-electron chi connectivity index (χ3n) is 2.17. The van der Waals surface area contributed by atoms with Crippen LogP contribution in [0.25, 0.3) is 0 Å². The maximum atomic E-state index is 11.9. The Morgan fingerprint density at radius 1 is 1.56 bits per heavy atom. The maximum Gasteiger partial charge on any atom is 0.367 e. The fraction of sp³-hybridized carbons (Fsp3) is 0.545. The van der Waals surface area contributed by atoms with Gasteiger partial charge in [-0.05, 0) is 13.3 Å². The summed E-state index contributed by atoms with van der Waals surface area (Å²) in [5.74, 6) is -0.783. The lowest BCUT2D eigenvalue weighted by Gasteiger charge is -2.14. The molecule has 0 aliphatic carbocycles. The number of hydrogen-bond donors (Lipinski definition) is 1. The summed E-state index contributed by atoms with van der Waals surface area (Å²) in [5, 5.41) is 10.4. The van der Waals surface area contributed by atoms with E-state index in [1.165, 1.54) is 10.3 Å². The predicted octanol–water partition coefficient (Wildman–Crippen LogP) is 0.774. The third-order valence-corrected chi connectivity index (χ3v) is 2.99. The van der Waals surface area contributed by atoms with Crippen LogP contribution in [0.2, 0.25) is 0 Å². The number of thiazole rings is 1. The SMILES string of the molecule is CCOC(=O)c1nc(C(=O)N(C)CCCO)cs1. The quantitative estimate of drug-likeness (QED) is 0.774. The van der Waals surface area contributed by atoms with Gasteiger partial charge in [0.1, 0.15) is 5.69 Å². The number of amides is 1. The number of aromatic nitrogens is 1. The van der Waals surface area contributed by atoms with Gasteiger partial charge in [-0.1, -0.05) is 0 Å². The molecule has 0 aromatic carbocycles. The van der Waals surface area contributed by atoms with Crippen molar-refractivity contribution in [3.63, 3.8) is 0 Å². The monoisotopic (exact) mass is 272 g/mol. The molecule has 0 aliphatic rings. The van der Waals surface area contributed by atoms with E-state index in [9.17, 15) is 9.59 Å². The Morgan fingerprint density at radius 3 is 2.89 bits per heavy atom. The van der Waals surface area contributed by atoms with Crippen LogP contribution >= 0.6 is 11.3 Å². The van der Waals surface area contributed by atoms with Crippen LogP contribution in [-0.2, 0) is 4.74 Å². The van der Waals surface area contributed by atoms with Crippen LogP contribution in [0.4, 0.5) is 0 Å². The van der Waals surface area contributed by atoms with E-state index in [0.717, 1.165) is 11.3 Å². The second-order valence-corrected chi connectivity index (χ2v) is 4.42. The molecular weight excluding hydrogens is 256 g/mol. The van der Waals surface area contributed by atoms with Crippen molar-refractivity contribution in [1.82, 2.24) is 9.88 Å². The molecule has 1 N–H and O–H groups in total. The van der Waals surface area contributed by atoms with E-state index in [1.54, 1.807) is 14.0 Å². The van der Waals surface area contributed by atoms with Gasteiger partial charge in [0.25, 0.3) is 5.91 Å². The van der Waals surface area contributed by atoms with Crippen molar-refractivity contribution in [3.8, 4) is 0 Å². The first-order chi connectivity index (χ1) is 8.60. The highest BCUT2D eigenvalue weighted by molar-refractivity contribution is 7.11. The van der Waals surface area contributed by atoms with Gasteiger partial charge < -0.3 is 14.7 Å². The molecule has 0 saturated carbocycles. The summed E-state index contributed by atoms with van der Waals surface area (Å²) in [6, 6.07) is 0. The van der Waals surface area contributed by atoms with Crippen molar-refractivity contribution >= 4 is 23.2 Å². The molecule has 0 atom stereocenters. The second kappa shape index (κ2) is 7.07. The normalized spacial score (nSPS) is 10.2. The van der Waals surface area contributed by atoms with Crippen molar-refractivity contribution in [1.29, 1.82) is 0 Å². The predicted molar refractivity (Wildman–Crippen MR) is 66.7 cm³/mol. The highest BCUT2D eigenvalue weighted by Gasteiger charge is 2.18. The largest absolute Gasteiger partial charge is 0.461 e. The topological polar surface area (TPSA) is 79.7 Å². The van der Waals surface area contributed by atoms with Gasteiger partial charge in [-0.2, -0.15) is 0 Å². The molecule has 0 saturated heterocycles. The first-order valence-corrected chi connectivity index (χ1v) is 6.47. The Labute approximate surface area is 109 Å². The molecule has 0 aliphatic heterocycles. The summed E-state index contributed by atoms with van der Waals surface area (Å²) in [4.78, 5) is 28.7. The number of carbonyl (C=O) groups is 2. The Morgan fingerprint density at radius 2 is 2.28 bits per heavy atom. The number of hydrogen-bond acceptors (Lipinski definition) is 6. The van der Waals surface area contributed by atoms with Crippen LogP contribution in [0.5, 0.6) is 0 Å². The molecule has 18 heavy (non-hydrogen) atoms. The minimum absolute atomic E-state index is 0.0305. The van der Waals surface area contributed by atoms with Crippen molar-refractivity contribution in [3.05, 3.63) is 16.1 Å². The lowest BCUT2D eigenvalue weighted by atomic mass is 10.3. The lowest BCUT2D eigenvalue weighted by Crippen LogP contribution is -2.28. The molecule has 1 rings (SSSR count). The minimum atomic E-state index is -0.514. The molecule has 0 fully saturated rings. The molecule has 100 valence electrons. The van der Waals surface area contributed by atoms with Crippen LogP contribution in [0.3, 0.4) is 0 Å². The number of esters is 1. The van der Waals surface area contributed by atoms with Crippen LogP contribution in [0.15, 0.2) is 5.38 Å². The summed E-state index contributed by atoms with van der Waals surface area (Å²) in [7, 11) is 1.63. The molecule has 7 heteroatoms. The maximum absolute atomic E-state index is 11.9. The summed E-state index contributed by atoms with van der Waals surface area (Å²) < 4.78 is 4.80. The molecule has 1 amide bonds. The van der Waals surface area contributed by atoms with Gasteiger partial charge in [0.05, 0.1) is 6.61 Å². The Hall–Kier alpha value is -1.47. The number of aliphatic hydroxyl groups is 1. The molecule has 6 nitrogen and oxygen atoms in total. The Kier molecular flexibility index (Phi) is 5.73. The fourth-order valence-electron chi connectivity index (χ4n) is 1.26. The van der Waals surface area contributed by atoms with E-state index in [-0.39, 0.29) is 29.8 Å². The van der Waals surface area contributed by atoms with Crippen molar-refractivity contribution < 1.29 is 19.4 Å². The van der Waals surface area contributed by atoms with E-state index in [2.05, 4.69) is 4.98 Å². The van der Waals surface area contributed by atoms with Crippen molar-refractivity contribution in [2.45, 2.75) is 13.3 Å². The molecule has 0 radical (unpaired) electrons. The van der Waals surface area contributed by atoms with E-state index in [1.807, 2.05) is 0 Å². The third kappa shape index (κ3) is 3.78. The molecule has 0 unspecified atom stereocenters. The number of ether oxygens (including phenoxy) is 1. The lowest BCUT2D eigenvalue weighted by molar-refractivity contribution is 0.0526. The number of aliphatic hydroxyl groups excluding tert-OH is 1. The van der Waals surface area contributed by atoms with E-state index in [0.29, 0.717) is 13.0 Å². The molecule has 0 bridgehead atoms. The van der Waals surface area contributed by atoms with Crippen LogP contribution in [-0.4, -0.2) is 53.7 Å². The highest BCUT2D eigenvalue weighted by Crippen LogP contribution is 2.12. The molecule has 0 spiro atoms. The van der Waals surface area contributed by atoms with E-state index in [4.69, 9.17) is 9.84 Å². The average molecular weight is 272 g/mol. The van der Waals surface area contributed by atoms with Crippen molar-refractivity contribution in [2.24, 2.45) is 0 Å². The number of rotatable bonds is 6. The zero-order chi connectivity index (χ0) is 13.5. The average Bonchev–Trinajstić information content (AvgIpc) is 2.84. The van der Waals surface area contributed by atoms with E-state index >= 15 is 0 Å². The zero-order valence-corrected chi connectivity index (χ0v) is 11.2. The van der Waals surface area contributed by atoms with Crippen LogP contribution in [0.1, 0.15) is 33.6 Å². The van der Waals surface area contributed by atoms with Crippen LogP contribution in [0, 0.1) is 0 Å². The van der Waals surface area contributed by atoms with E-state index < -0.39 is 5.97 Å². The number of carbonyl (C=O) groups excluding carboxylic acids is 2. The zero-order valence-electron chi connectivity index (χ0n) is 10.4. The number of nitrogens with zero attached hydrogens (tertiary/aromatic N) is 2.